The van der Waals surface area contributed by atoms with Crippen LogP contribution in [0, 0.1) is 13.8 Å². The van der Waals surface area contributed by atoms with E-state index in [1.54, 1.807) is 32.2 Å². The van der Waals surface area contributed by atoms with Crippen molar-refractivity contribution < 1.29 is 18.7 Å². The molecule has 1 unspecified atom stereocenters. The molecule has 1 N–H and O–H groups in total. The molecule has 0 radical (unpaired) electrons. The van der Waals surface area contributed by atoms with Crippen molar-refractivity contribution >= 4 is 11.6 Å². The minimum absolute atomic E-state index is 0.0111. The summed E-state index contributed by atoms with van der Waals surface area (Å²) in [5.74, 6) is 0.697. The molecule has 0 saturated carbocycles. The van der Waals surface area contributed by atoms with Crippen LogP contribution in [0.3, 0.4) is 0 Å². The summed E-state index contributed by atoms with van der Waals surface area (Å²) in [6.45, 7) is 4.24. The number of aryl methyl sites for hydroxylation is 2. The summed E-state index contributed by atoms with van der Waals surface area (Å²) in [6.07, 6.45) is 1.55. The van der Waals surface area contributed by atoms with E-state index in [9.17, 15) is 9.59 Å². The predicted molar refractivity (Wildman–Crippen MR) is 93.3 cm³/mol. The first kappa shape index (κ1) is 17.2. The Labute approximate surface area is 145 Å². The van der Waals surface area contributed by atoms with Crippen molar-refractivity contribution in [3.63, 3.8) is 0 Å². The fourth-order valence-electron chi connectivity index (χ4n) is 2.95. The zero-order valence-electron chi connectivity index (χ0n) is 14.5. The maximum Gasteiger partial charge on any atom is 0.349 e. The highest BCUT2D eigenvalue weighted by Gasteiger charge is 2.24. The normalized spacial score (nSPS) is 16.7. The van der Waals surface area contributed by atoms with Crippen LogP contribution < -0.4 is 15.7 Å². The Bertz CT molecular complexity index is 849. The first-order valence-corrected chi connectivity index (χ1v) is 8.22. The minimum atomic E-state index is -0.644. The van der Waals surface area contributed by atoms with Crippen LogP contribution in [0.2, 0.25) is 0 Å². The molecule has 0 aliphatic carbocycles. The van der Waals surface area contributed by atoms with Crippen LogP contribution in [-0.4, -0.2) is 19.6 Å². The second-order valence-electron chi connectivity index (χ2n) is 6.13. The Kier molecular flexibility index (Phi) is 4.90. The van der Waals surface area contributed by atoms with Gasteiger partial charge in [-0.3, -0.25) is 4.79 Å². The summed E-state index contributed by atoms with van der Waals surface area (Å²) >= 11 is 0. The first-order valence-electron chi connectivity index (χ1n) is 8.22. The van der Waals surface area contributed by atoms with Crippen LogP contribution in [-0.2, 0) is 4.74 Å². The van der Waals surface area contributed by atoms with Gasteiger partial charge in [0.25, 0.3) is 5.91 Å². The van der Waals surface area contributed by atoms with Gasteiger partial charge in [-0.15, -0.1) is 0 Å². The number of hydrogen-bond donors (Lipinski definition) is 1. The second kappa shape index (κ2) is 7.11. The average molecular weight is 343 g/mol. The van der Waals surface area contributed by atoms with Crippen molar-refractivity contribution in [2.24, 2.45) is 0 Å². The lowest BCUT2D eigenvalue weighted by Gasteiger charge is -2.12. The third kappa shape index (κ3) is 3.58. The van der Waals surface area contributed by atoms with Crippen LogP contribution >= 0.6 is 0 Å². The Balaban J connectivity index is 1.86. The number of anilines is 1. The Hall–Kier alpha value is -2.60. The number of benzene rings is 1. The van der Waals surface area contributed by atoms with Gasteiger partial charge in [-0.2, -0.15) is 0 Å². The Morgan fingerprint density at radius 3 is 2.64 bits per heavy atom. The minimum Gasteiger partial charge on any atom is -0.497 e. The maximum atomic E-state index is 12.6. The van der Waals surface area contributed by atoms with Crippen molar-refractivity contribution in [3.05, 3.63) is 57.1 Å². The van der Waals surface area contributed by atoms with Gasteiger partial charge in [0, 0.05) is 12.3 Å². The monoisotopic (exact) mass is 343 g/mol. The molecule has 1 atom stereocenters. The van der Waals surface area contributed by atoms with Gasteiger partial charge in [0.1, 0.15) is 23.2 Å². The number of carbonyl (C=O) groups is 1. The van der Waals surface area contributed by atoms with E-state index in [4.69, 9.17) is 13.9 Å². The summed E-state index contributed by atoms with van der Waals surface area (Å²) in [6, 6.07) is 7.01. The quantitative estimate of drug-likeness (QED) is 0.921. The highest BCUT2D eigenvalue weighted by molar-refractivity contribution is 6.05. The molecule has 6 heteroatoms. The molecular formula is C19H21NO5. The van der Waals surface area contributed by atoms with E-state index in [1.165, 1.54) is 0 Å². The van der Waals surface area contributed by atoms with Crippen molar-refractivity contribution in [2.75, 3.05) is 19.0 Å². The molecule has 0 spiro atoms. The van der Waals surface area contributed by atoms with Gasteiger partial charge in [-0.25, -0.2) is 4.79 Å². The number of nitrogens with one attached hydrogen (secondary N) is 1. The van der Waals surface area contributed by atoms with Gasteiger partial charge < -0.3 is 19.2 Å². The predicted octanol–water partition coefficient (Wildman–Crippen LogP) is 3.37. The molecule has 3 rings (SSSR count). The SMILES string of the molecule is COc1ccc(NC(=O)c2c(C)cc(C3CCCO3)oc2=O)c(C)c1. The summed E-state index contributed by atoms with van der Waals surface area (Å²) in [5.41, 5.74) is 1.40. The molecule has 2 heterocycles. The first-order chi connectivity index (χ1) is 12.0. The Morgan fingerprint density at radius 2 is 2.04 bits per heavy atom. The summed E-state index contributed by atoms with van der Waals surface area (Å²) in [7, 11) is 1.58. The van der Waals surface area contributed by atoms with Crippen LogP contribution in [0.15, 0.2) is 33.5 Å². The van der Waals surface area contributed by atoms with Gasteiger partial charge in [0.05, 0.1) is 7.11 Å². The van der Waals surface area contributed by atoms with Crippen molar-refractivity contribution in [1.29, 1.82) is 0 Å². The molecule has 132 valence electrons. The van der Waals surface area contributed by atoms with Crippen molar-refractivity contribution in [2.45, 2.75) is 32.8 Å². The van der Waals surface area contributed by atoms with E-state index in [0.717, 1.165) is 18.4 Å². The zero-order chi connectivity index (χ0) is 18.0. The van der Waals surface area contributed by atoms with Crippen molar-refractivity contribution in [1.82, 2.24) is 0 Å². The van der Waals surface area contributed by atoms with E-state index in [2.05, 4.69) is 5.32 Å². The van der Waals surface area contributed by atoms with Crippen LogP contribution in [0.4, 0.5) is 5.69 Å². The van der Waals surface area contributed by atoms with E-state index >= 15 is 0 Å². The summed E-state index contributed by atoms with van der Waals surface area (Å²) < 4.78 is 16.0. The molecular weight excluding hydrogens is 322 g/mol. The third-order valence-electron chi connectivity index (χ3n) is 4.32. The van der Waals surface area contributed by atoms with Gasteiger partial charge in [-0.05, 0) is 62.1 Å². The molecule has 1 amide bonds. The molecule has 1 aliphatic heterocycles. The average Bonchev–Trinajstić information content (AvgIpc) is 3.10. The number of ether oxygens (including phenoxy) is 2. The lowest BCUT2D eigenvalue weighted by Crippen LogP contribution is -2.23. The van der Waals surface area contributed by atoms with Crippen LogP contribution in [0.1, 0.15) is 46.2 Å². The molecule has 0 bridgehead atoms. The lowest BCUT2D eigenvalue weighted by atomic mass is 10.1. The highest BCUT2D eigenvalue weighted by Crippen LogP contribution is 2.28. The molecule has 25 heavy (non-hydrogen) atoms. The van der Waals surface area contributed by atoms with Gasteiger partial charge in [0.15, 0.2) is 0 Å². The number of carbonyl (C=O) groups excluding carboxylic acids is 1. The van der Waals surface area contributed by atoms with Crippen LogP contribution in [0.25, 0.3) is 0 Å². The largest absolute Gasteiger partial charge is 0.497 e. The fraction of sp³-hybridized carbons (Fsp3) is 0.368. The molecule has 1 fully saturated rings. The maximum absolute atomic E-state index is 12.6. The molecule has 1 aromatic heterocycles. The Morgan fingerprint density at radius 1 is 1.24 bits per heavy atom. The van der Waals surface area contributed by atoms with E-state index in [-0.39, 0.29) is 11.7 Å². The van der Waals surface area contributed by atoms with Crippen LogP contribution in [0.5, 0.6) is 5.75 Å². The highest BCUT2D eigenvalue weighted by atomic mass is 16.5. The number of hydrogen-bond acceptors (Lipinski definition) is 5. The van der Waals surface area contributed by atoms with Gasteiger partial charge in [0.2, 0.25) is 0 Å². The number of methoxy groups -OCH3 is 1. The summed E-state index contributed by atoms with van der Waals surface area (Å²) in [4.78, 5) is 24.9. The molecule has 1 aromatic carbocycles. The zero-order valence-corrected chi connectivity index (χ0v) is 14.5. The van der Waals surface area contributed by atoms with E-state index < -0.39 is 11.5 Å². The second-order valence-corrected chi connectivity index (χ2v) is 6.13. The molecule has 2 aromatic rings. The number of rotatable bonds is 4. The fourth-order valence-corrected chi connectivity index (χ4v) is 2.95. The van der Waals surface area contributed by atoms with Crippen molar-refractivity contribution in [3.8, 4) is 5.75 Å². The molecule has 1 saturated heterocycles. The third-order valence-corrected chi connectivity index (χ3v) is 4.32. The van der Waals surface area contributed by atoms with Gasteiger partial charge in [-0.1, -0.05) is 0 Å². The topological polar surface area (TPSA) is 77.8 Å². The molecule has 1 aliphatic rings. The van der Waals surface area contributed by atoms with Gasteiger partial charge >= 0.3 is 5.63 Å². The van der Waals surface area contributed by atoms with E-state index in [0.29, 0.717) is 29.4 Å². The van der Waals surface area contributed by atoms with E-state index in [1.807, 2.05) is 13.0 Å². The number of amides is 1. The standard InChI is InChI=1S/C19H21NO5/c1-11-9-13(23-3)6-7-14(11)20-18(21)17-12(2)10-16(25-19(17)22)15-5-4-8-24-15/h6-7,9-10,15H,4-5,8H2,1-3H3,(H,20,21). The lowest BCUT2D eigenvalue weighted by molar-refractivity contribution is 0.0895. The summed E-state index contributed by atoms with van der Waals surface area (Å²) in [5, 5.41) is 2.76. The smallest absolute Gasteiger partial charge is 0.349 e. The molecule has 6 nitrogen and oxygen atoms in total.